The molecule has 0 radical (unpaired) electrons. The lowest BCUT2D eigenvalue weighted by Crippen LogP contribution is -2.33. The summed E-state index contributed by atoms with van der Waals surface area (Å²) in [7, 11) is 0. The van der Waals surface area contributed by atoms with Gasteiger partial charge in [-0.3, -0.25) is 10.5 Å². The van der Waals surface area contributed by atoms with Gasteiger partial charge in [0.15, 0.2) is 6.23 Å². The van der Waals surface area contributed by atoms with Crippen LogP contribution in [0.1, 0.15) is 24.2 Å². The average molecular weight is 223 g/mol. The molecule has 0 aliphatic heterocycles. The van der Waals surface area contributed by atoms with Gasteiger partial charge in [-0.2, -0.15) is 0 Å². The van der Waals surface area contributed by atoms with Crippen molar-refractivity contribution in [1.29, 1.82) is 0 Å². The van der Waals surface area contributed by atoms with E-state index < -0.39 is 6.23 Å². The van der Waals surface area contributed by atoms with Crippen molar-refractivity contribution in [3.63, 3.8) is 0 Å². The third-order valence-corrected chi connectivity index (χ3v) is 2.06. The fourth-order valence-corrected chi connectivity index (χ4v) is 1.36. The first-order valence-corrected chi connectivity index (χ1v) is 5.33. The molecule has 0 aliphatic carbocycles. The quantitative estimate of drug-likeness (QED) is 0.587. The number of nitrogens with two attached hydrogens (primary N) is 1. The summed E-state index contributed by atoms with van der Waals surface area (Å²) in [4.78, 5) is 11.9. The Morgan fingerprint density at radius 1 is 1.31 bits per heavy atom. The minimum atomic E-state index is -0.924. The summed E-state index contributed by atoms with van der Waals surface area (Å²) >= 11 is 0. The van der Waals surface area contributed by atoms with E-state index >= 15 is 0 Å². The van der Waals surface area contributed by atoms with Crippen molar-refractivity contribution in [2.24, 2.45) is 5.73 Å². The van der Waals surface area contributed by atoms with E-state index in [1.54, 1.807) is 25.1 Å². The van der Waals surface area contributed by atoms with Gasteiger partial charge in [-0.05, 0) is 26.0 Å². The van der Waals surface area contributed by atoms with Gasteiger partial charge >= 0.3 is 0 Å². The van der Waals surface area contributed by atoms with Crippen molar-refractivity contribution in [3.8, 4) is 5.75 Å². The van der Waals surface area contributed by atoms with Crippen LogP contribution >= 0.6 is 0 Å². The molecule has 4 heteroatoms. The van der Waals surface area contributed by atoms with Crippen LogP contribution in [0.25, 0.3) is 0 Å². The van der Waals surface area contributed by atoms with Crippen LogP contribution in [0.2, 0.25) is 0 Å². The Kier molecular flexibility index (Phi) is 4.95. The summed E-state index contributed by atoms with van der Waals surface area (Å²) in [6, 6.07) is 7.02. The lowest BCUT2D eigenvalue weighted by Gasteiger charge is -2.13. The van der Waals surface area contributed by atoms with Gasteiger partial charge in [-0.1, -0.05) is 12.1 Å². The molecule has 0 heterocycles. The van der Waals surface area contributed by atoms with Crippen LogP contribution in [0.15, 0.2) is 24.3 Å². The normalized spacial score (nSPS) is 12.2. The predicted molar refractivity (Wildman–Crippen MR) is 61.5 cm³/mol. The SMILES string of the molecule is CCOc1ccccc1C(=O)C(N)OCC. The lowest BCUT2D eigenvalue weighted by atomic mass is 10.1. The summed E-state index contributed by atoms with van der Waals surface area (Å²) < 4.78 is 10.4. The number of carbonyl (C=O) groups is 1. The molecule has 88 valence electrons. The van der Waals surface area contributed by atoms with Crippen LogP contribution in [-0.2, 0) is 4.74 Å². The first kappa shape index (κ1) is 12.7. The van der Waals surface area contributed by atoms with Gasteiger partial charge in [-0.15, -0.1) is 0 Å². The number of hydrogen-bond acceptors (Lipinski definition) is 4. The fourth-order valence-electron chi connectivity index (χ4n) is 1.36. The molecule has 0 fully saturated rings. The van der Waals surface area contributed by atoms with Gasteiger partial charge < -0.3 is 9.47 Å². The van der Waals surface area contributed by atoms with E-state index in [9.17, 15) is 4.79 Å². The summed E-state index contributed by atoms with van der Waals surface area (Å²) in [6.07, 6.45) is -0.924. The van der Waals surface area contributed by atoms with Crippen molar-refractivity contribution in [2.45, 2.75) is 20.1 Å². The number of ether oxygens (including phenoxy) is 2. The van der Waals surface area contributed by atoms with Gasteiger partial charge in [-0.25, -0.2) is 0 Å². The van der Waals surface area contributed by atoms with E-state index in [2.05, 4.69) is 0 Å². The Hall–Kier alpha value is -1.39. The molecule has 0 aromatic heterocycles. The van der Waals surface area contributed by atoms with Crippen LogP contribution in [0, 0.1) is 0 Å². The molecule has 0 spiro atoms. The number of carbonyl (C=O) groups excluding carboxylic acids is 1. The monoisotopic (exact) mass is 223 g/mol. The van der Waals surface area contributed by atoms with Crippen LogP contribution in [0.5, 0.6) is 5.75 Å². The van der Waals surface area contributed by atoms with Gasteiger partial charge in [0, 0.05) is 6.61 Å². The van der Waals surface area contributed by atoms with E-state index in [1.807, 2.05) is 13.0 Å². The zero-order chi connectivity index (χ0) is 12.0. The average Bonchev–Trinajstić information content (AvgIpc) is 2.29. The maximum atomic E-state index is 11.9. The Balaban J connectivity index is 2.89. The zero-order valence-electron chi connectivity index (χ0n) is 9.60. The van der Waals surface area contributed by atoms with Crippen LogP contribution in [0.3, 0.4) is 0 Å². The van der Waals surface area contributed by atoms with Gasteiger partial charge in [0.1, 0.15) is 5.75 Å². The van der Waals surface area contributed by atoms with Crippen molar-refractivity contribution in [3.05, 3.63) is 29.8 Å². The van der Waals surface area contributed by atoms with Crippen molar-refractivity contribution in [2.75, 3.05) is 13.2 Å². The maximum absolute atomic E-state index is 11.9. The number of benzene rings is 1. The van der Waals surface area contributed by atoms with Gasteiger partial charge in [0.05, 0.1) is 12.2 Å². The largest absolute Gasteiger partial charge is 0.493 e. The highest BCUT2D eigenvalue weighted by Gasteiger charge is 2.19. The smallest absolute Gasteiger partial charge is 0.209 e. The van der Waals surface area contributed by atoms with Crippen molar-refractivity contribution in [1.82, 2.24) is 0 Å². The number of hydrogen-bond donors (Lipinski definition) is 1. The Morgan fingerprint density at radius 2 is 2.00 bits per heavy atom. The molecule has 1 unspecified atom stereocenters. The maximum Gasteiger partial charge on any atom is 0.209 e. The minimum Gasteiger partial charge on any atom is -0.493 e. The summed E-state index contributed by atoms with van der Waals surface area (Å²) in [5.41, 5.74) is 6.06. The second kappa shape index (κ2) is 6.25. The third kappa shape index (κ3) is 3.05. The van der Waals surface area contributed by atoms with Gasteiger partial charge in [0.2, 0.25) is 5.78 Å². The first-order valence-electron chi connectivity index (χ1n) is 5.33. The second-order valence-electron chi connectivity index (χ2n) is 3.17. The predicted octanol–water partition coefficient (Wildman–Crippen LogP) is 1.59. The minimum absolute atomic E-state index is 0.258. The number of para-hydroxylation sites is 1. The molecule has 0 saturated heterocycles. The molecule has 1 rings (SSSR count). The van der Waals surface area contributed by atoms with Crippen molar-refractivity contribution < 1.29 is 14.3 Å². The highest BCUT2D eigenvalue weighted by molar-refractivity contribution is 6.01. The molecular formula is C12H17NO3. The first-order chi connectivity index (χ1) is 7.70. The molecule has 1 aromatic carbocycles. The molecule has 4 nitrogen and oxygen atoms in total. The highest BCUT2D eigenvalue weighted by atomic mass is 16.5. The van der Waals surface area contributed by atoms with Crippen LogP contribution in [-0.4, -0.2) is 25.2 Å². The zero-order valence-corrected chi connectivity index (χ0v) is 9.60. The third-order valence-electron chi connectivity index (χ3n) is 2.06. The van der Waals surface area contributed by atoms with Gasteiger partial charge in [0.25, 0.3) is 0 Å². The Morgan fingerprint density at radius 3 is 2.62 bits per heavy atom. The molecule has 16 heavy (non-hydrogen) atoms. The molecule has 0 aliphatic rings. The second-order valence-corrected chi connectivity index (χ2v) is 3.17. The van der Waals surface area contributed by atoms with E-state index in [0.717, 1.165) is 0 Å². The molecule has 2 N–H and O–H groups in total. The van der Waals surface area contributed by atoms with E-state index in [0.29, 0.717) is 24.5 Å². The number of rotatable bonds is 6. The standard InChI is InChI=1S/C12H17NO3/c1-3-15-10-8-6-5-7-9(10)11(14)12(13)16-4-2/h5-8,12H,3-4,13H2,1-2H3. The Bertz CT molecular complexity index is 352. The van der Waals surface area contributed by atoms with Crippen LogP contribution in [0.4, 0.5) is 0 Å². The number of Topliss-reactive ketones (excluding diaryl/α,β-unsaturated/α-hetero) is 1. The van der Waals surface area contributed by atoms with E-state index in [1.165, 1.54) is 0 Å². The summed E-state index contributed by atoms with van der Waals surface area (Å²) in [5, 5.41) is 0. The molecule has 1 atom stereocenters. The molecule has 0 saturated carbocycles. The topological polar surface area (TPSA) is 61.5 Å². The molecule has 0 amide bonds. The number of ketones is 1. The highest BCUT2D eigenvalue weighted by Crippen LogP contribution is 2.19. The molecule has 1 aromatic rings. The summed E-state index contributed by atoms with van der Waals surface area (Å²) in [6.45, 7) is 4.57. The van der Waals surface area contributed by atoms with Crippen LogP contribution < -0.4 is 10.5 Å². The summed E-state index contributed by atoms with van der Waals surface area (Å²) in [5.74, 6) is 0.288. The fraction of sp³-hybridized carbons (Fsp3) is 0.417. The van der Waals surface area contributed by atoms with E-state index in [4.69, 9.17) is 15.2 Å². The Labute approximate surface area is 95.3 Å². The van der Waals surface area contributed by atoms with Crippen molar-refractivity contribution >= 4 is 5.78 Å². The van der Waals surface area contributed by atoms with E-state index in [-0.39, 0.29) is 5.78 Å². The molecule has 0 bridgehead atoms. The lowest BCUT2D eigenvalue weighted by molar-refractivity contribution is 0.0476. The molecular weight excluding hydrogens is 206 g/mol.